The number of nitrogens with one attached hydrogen (secondary N) is 2. The first-order valence-electron chi connectivity index (χ1n) is 5.61. The first-order chi connectivity index (χ1) is 9.26. The van der Waals surface area contributed by atoms with Gasteiger partial charge in [-0.15, -0.1) is 0 Å². The molecule has 0 fully saturated rings. The molecule has 0 spiro atoms. The lowest BCUT2D eigenvalue weighted by molar-refractivity contribution is 1.00. The molecule has 0 saturated heterocycles. The zero-order chi connectivity index (χ0) is 13.2. The minimum Gasteiger partial charge on any atom is -0.357 e. The monoisotopic (exact) mass is 273 g/mol. The van der Waals surface area contributed by atoms with Crippen molar-refractivity contribution >= 4 is 28.9 Å². The lowest BCUT2D eigenvalue weighted by atomic mass is 10.5. The quantitative estimate of drug-likeness (QED) is 0.701. The van der Waals surface area contributed by atoms with E-state index in [1.807, 2.05) is 13.0 Å². The number of aromatic amines is 1. The van der Waals surface area contributed by atoms with Crippen molar-refractivity contribution < 1.29 is 0 Å². The van der Waals surface area contributed by atoms with E-state index in [9.17, 15) is 0 Å². The molecule has 0 atom stereocenters. The molecule has 0 saturated carbocycles. The standard InChI is InChI=1S/C11H11N7S/c1-6-3-7(18-11(12-2)17-6)19-10-8-9(14-4-13-8)15-5-16-10/h3-5H,1-2H3,(H,12,17,18)(H,13,14,15,16). The van der Waals surface area contributed by atoms with Crippen LogP contribution in [0.3, 0.4) is 0 Å². The lowest BCUT2D eigenvalue weighted by Gasteiger charge is -2.04. The second-order valence-electron chi connectivity index (χ2n) is 3.80. The van der Waals surface area contributed by atoms with Crippen molar-refractivity contribution in [3.8, 4) is 0 Å². The molecule has 0 aliphatic rings. The summed E-state index contributed by atoms with van der Waals surface area (Å²) in [5.41, 5.74) is 2.36. The van der Waals surface area contributed by atoms with Crippen molar-refractivity contribution in [3.05, 3.63) is 24.4 Å². The Morgan fingerprint density at radius 3 is 2.95 bits per heavy atom. The number of hydrogen-bond acceptors (Lipinski definition) is 7. The summed E-state index contributed by atoms with van der Waals surface area (Å²) in [6, 6.07) is 1.91. The van der Waals surface area contributed by atoms with Crippen LogP contribution in [0.25, 0.3) is 11.2 Å². The van der Waals surface area contributed by atoms with Gasteiger partial charge in [-0.3, -0.25) is 0 Å². The molecule has 3 rings (SSSR count). The van der Waals surface area contributed by atoms with Crippen molar-refractivity contribution in [2.45, 2.75) is 17.0 Å². The number of imidazole rings is 1. The molecule has 0 aromatic carbocycles. The van der Waals surface area contributed by atoms with Gasteiger partial charge in [0.05, 0.1) is 6.33 Å². The highest BCUT2D eigenvalue weighted by Crippen LogP contribution is 2.28. The first kappa shape index (κ1) is 11.8. The third-order valence-corrected chi connectivity index (χ3v) is 3.36. The first-order valence-corrected chi connectivity index (χ1v) is 6.43. The maximum atomic E-state index is 4.38. The Balaban J connectivity index is 2.01. The molecule has 0 bridgehead atoms. The number of aryl methyl sites for hydroxylation is 1. The van der Waals surface area contributed by atoms with Gasteiger partial charge in [0, 0.05) is 12.7 Å². The Hall–Kier alpha value is -2.22. The van der Waals surface area contributed by atoms with E-state index in [-0.39, 0.29) is 0 Å². The molecule has 0 aliphatic carbocycles. The van der Waals surface area contributed by atoms with Crippen LogP contribution in [-0.4, -0.2) is 37.0 Å². The predicted molar refractivity (Wildman–Crippen MR) is 72.1 cm³/mol. The van der Waals surface area contributed by atoms with E-state index >= 15 is 0 Å². The molecule has 0 unspecified atom stereocenters. The molecule has 0 radical (unpaired) electrons. The molecule has 7 nitrogen and oxygen atoms in total. The molecule has 3 aromatic heterocycles. The number of hydrogen-bond donors (Lipinski definition) is 2. The zero-order valence-electron chi connectivity index (χ0n) is 10.4. The van der Waals surface area contributed by atoms with E-state index in [4.69, 9.17) is 0 Å². The third-order valence-electron chi connectivity index (χ3n) is 2.44. The van der Waals surface area contributed by atoms with Crippen LogP contribution in [0.5, 0.6) is 0 Å². The van der Waals surface area contributed by atoms with Crippen LogP contribution in [0.4, 0.5) is 5.95 Å². The van der Waals surface area contributed by atoms with Crippen LogP contribution in [0.1, 0.15) is 5.69 Å². The van der Waals surface area contributed by atoms with Gasteiger partial charge < -0.3 is 10.3 Å². The van der Waals surface area contributed by atoms with Gasteiger partial charge in [0.1, 0.15) is 21.9 Å². The van der Waals surface area contributed by atoms with E-state index in [0.29, 0.717) is 11.6 Å². The van der Waals surface area contributed by atoms with Crippen molar-refractivity contribution in [3.63, 3.8) is 0 Å². The molecular formula is C11H11N7S. The number of aromatic nitrogens is 6. The number of nitrogens with zero attached hydrogens (tertiary/aromatic N) is 5. The Labute approximate surface area is 113 Å². The Morgan fingerprint density at radius 2 is 2.11 bits per heavy atom. The smallest absolute Gasteiger partial charge is 0.223 e. The van der Waals surface area contributed by atoms with Crippen LogP contribution in [-0.2, 0) is 0 Å². The van der Waals surface area contributed by atoms with Crippen LogP contribution in [0, 0.1) is 6.92 Å². The molecule has 19 heavy (non-hydrogen) atoms. The van der Waals surface area contributed by atoms with E-state index in [1.165, 1.54) is 18.1 Å². The van der Waals surface area contributed by atoms with Crippen molar-refractivity contribution in [2.24, 2.45) is 0 Å². The average Bonchev–Trinajstić information content (AvgIpc) is 2.87. The van der Waals surface area contributed by atoms with Crippen LogP contribution in [0.2, 0.25) is 0 Å². The fourth-order valence-electron chi connectivity index (χ4n) is 1.62. The molecule has 0 aliphatic heterocycles. The Morgan fingerprint density at radius 1 is 1.21 bits per heavy atom. The fraction of sp³-hybridized carbons (Fsp3) is 0.182. The van der Waals surface area contributed by atoms with Gasteiger partial charge in [0.2, 0.25) is 5.95 Å². The lowest BCUT2D eigenvalue weighted by Crippen LogP contribution is -1.99. The molecule has 8 heteroatoms. The zero-order valence-corrected chi connectivity index (χ0v) is 11.2. The van der Waals surface area contributed by atoms with Gasteiger partial charge in [-0.05, 0) is 24.8 Å². The molecular weight excluding hydrogens is 262 g/mol. The van der Waals surface area contributed by atoms with Crippen molar-refractivity contribution in [2.75, 3.05) is 12.4 Å². The van der Waals surface area contributed by atoms with Crippen molar-refractivity contribution in [1.82, 2.24) is 29.9 Å². The van der Waals surface area contributed by atoms with E-state index in [0.717, 1.165) is 21.3 Å². The summed E-state index contributed by atoms with van der Waals surface area (Å²) in [6.07, 6.45) is 3.10. The summed E-state index contributed by atoms with van der Waals surface area (Å²) in [6.45, 7) is 1.93. The molecule has 0 amide bonds. The van der Waals surface area contributed by atoms with Crippen LogP contribution < -0.4 is 5.32 Å². The summed E-state index contributed by atoms with van der Waals surface area (Å²) >= 11 is 1.45. The van der Waals surface area contributed by atoms with Gasteiger partial charge in [-0.2, -0.15) is 0 Å². The van der Waals surface area contributed by atoms with E-state index < -0.39 is 0 Å². The molecule has 3 aromatic rings. The van der Waals surface area contributed by atoms with Gasteiger partial charge >= 0.3 is 0 Å². The largest absolute Gasteiger partial charge is 0.357 e. The Bertz CT molecular complexity index is 724. The van der Waals surface area contributed by atoms with Gasteiger partial charge in [0.25, 0.3) is 0 Å². The minimum absolute atomic E-state index is 0.595. The topological polar surface area (TPSA) is 92.3 Å². The highest BCUT2D eigenvalue weighted by Gasteiger charge is 2.09. The molecule has 2 N–H and O–H groups in total. The summed E-state index contributed by atoms with van der Waals surface area (Å²) in [5.74, 6) is 0.595. The third kappa shape index (κ3) is 2.34. The van der Waals surface area contributed by atoms with Gasteiger partial charge in [-0.25, -0.2) is 24.9 Å². The minimum atomic E-state index is 0.595. The normalized spacial score (nSPS) is 10.8. The maximum Gasteiger partial charge on any atom is 0.223 e. The number of H-pyrrole nitrogens is 1. The van der Waals surface area contributed by atoms with E-state index in [1.54, 1.807) is 13.4 Å². The number of rotatable bonds is 3. The summed E-state index contributed by atoms with van der Waals surface area (Å²) in [5, 5.41) is 4.56. The summed E-state index contributed by atoms with van der Waals surface area (Å²) in [4.78, 5) is 24.1. The number of anilines is 1. The summed E-state index contributed by atoms with van der Waals surface area (Å²) in [7, 11) is 1.79. The fourth-order valence-corrected chi connectivity index (χ4v) is 2.53. The molecule has 96 valence electrons. The highest BCUT2D eigenvalue weighted by atomic mass is 32.2. The second-order valence-corrected chi connectivity index (χ2v) is 4.81. The maximum absolute atomic E-state index is 4.38. The van der Waals surface area contributed by atoms with Crippen molar-refractivity contribution in [1.29, 1.82) is 0 Å². The Kier molecular flexibility index (Phi) is 3.00. The predicted octanol–water partition coefficient (Wildman–Crippen LogP) is 1.64. The SMILES string of the molecule is CNc1nc(C)cc(Sc2ncnc3nc[nH]c23)n1. The van der Waals surface area contributed by atoms with Crippen LogP contribution >= 0.6 is 11.8 Å². The average molecular weight is 273 g/mol. The molecule has 3 heterocycles. The van der Waals surface area contributed by atoms with Crippen LogP contribution in [0.15, 0.2) is 28.8 Å². The van der Waals surface area contributed by atoms with Gasteiger partial charge in [-0.1, -0.05) is 0 Å². The highest BCUT2D eigenvalue weighted by molar-refractivity contribution is 7.99. The number of fused-ring (bicyclic) bond motifs is 1. The van der Waals surface area contributed by atoms with E-state index in [2.05, 4.69) is 35.2 Å². The van der Waals surface area contributed by atoms with Gasteiger partial charge in [0.15, 0.2) is 5.65 Å². The second kappa shape index (κ2) is 4.81. The summed E-state index contributed by atoms with van der Waals surface area (Å²) < 4.78 is 0.